The summed E-state index contributed by atoms with van der Waals surface area (Å²) in [7, 11) is -3.85. The van der Waals surface area contributed by atoms with Crippen molar-refractivity contribution in [3.05, 3.63) is 70.1 Å². The first-order valence-corrected chi connectivity index (χ1v) is 10.7. The molecule has 0 aliphatic carbocycles. The summed E-state index contributed by atoms with van der Waals surface area (Å²) in [5.74, 6) is -0.0459. The zero-order valence-corrected chi connectivity index (χ0v) is 17.8. The fourth-order valence-corrected chi connectivity index (χ4v) is 3.35. The molecule has 0 unspecified atom stereocenters. The van der Waals surface area contributed by atoms with Crippen LogP contribution in [0.1, 0.15) is 13.8 Å². The molecule has 3 N–H and O–H groups in total. The number of sulfonamides is 1. The molecule has 0 aliphatic heterocycles. The highest BCUT2D eigenvalue weighted by Gasteiger charge is 2.20. The number of halogens is 1. The Balaban J connectivity index is 2.15. The summed E-state index contributed by atoms with van der Waals surface area (Å²) in [5, 5.41) is 19.8. The van der Waals surface area contributed by atoms with Gasteiger partial charge in [-0.2, -0.15) is 9.78 Å². The van der Waals surface area contributed by atoms with Crippen LogP contribution < -0.4 is 15.4 Å². The van der Waals surface area contributed by atoms with Crippen LogP contribution in [0.2, 0.25) is 5.02 Å². The Hall–Kier alpha value is -2.72. The highest BCUT2D eigenvalue weighted by molar-refractivity contribution is 7.89. The van der Waals surface area contributed by atoms with Crippen molar-refractivity contribution in [2.24, 2.45) is 5.14 Å². The number of aromatic nitrogens is 2. The van der Waals surface area contributed by atoms with Crippen molar-refractivity contribution in [3.63, 3.8) is 0 Å². The molecule has 0 spiro atoms. The molecule has 30 heavy (non-hydrogen) atoms. The highest BCUT2D eigenvalue weighted by Crippen LogP contribution is 2.28. The van der Waals surface area contributed by atoms with Gasteiger partial charge in [0.05, 0.1) is 22.4 Å². The van der Waals surface area contributed by atoms with Crippen LogP contribution in [0.15, 0.2) is 64.4 Å². The SMILES string of the molecule is CC(C)(O)COc1c(-c2ccc(S(N)(=O)=O)cc2)cnn(-c2cccc(Cl)c2)c1=O. The molecule has 3 aromatic rings. The van der Waals surface area contributed by atoms with Crippen LogP contribution in [-0.2, 0) is 10.0 Å². The summed E-state index contributed by atoms with van der Waals surface area (Å²) in [6.45, 7) is 2.94. The van der Waals surface area contributed by atoms with Crippen LogP contribution in [-0.4, -0.2) is 35.5 Å². The summed E-state index contributed by atoms with van der Waals surface area (Å²) >= 11 is 6.02. The van der Waals surface area contributed by atoms with Gasteiger partial charge in [0.25, 0.3) is 0 Å². The van der Waals surface area contributed by atoms with Crippen molar-refractivity contribution in [2.45, 2.75) is 24.3 Å². The first kappa shape index (κ1) is 22.0. The topological polar surface area (TPSA) is 125 Å². The van der Waals surface area contributed by atoms with Gasteiger partial charge in [0, 0.05) is 10.6 Å². The van der Waals surface area contributed by atoms with Crippen LogP contribution in [0.3, 0.4) is 0 Å². The van der Waals surface area contributed by atoms with E-state index in [1.807, 2.05) is 0 Å². The first-order chi connectivity index (χ1) is 14.0. The lowest BCUT2D eigenvalue weighted by atomic mass is 10.1. The summed E-state index contributed by atoms with van der Waals surface area (Å²) in [6, 6.07) is 12.2. The van der Waals surface area contributed by atoms with Crippen molar-refractivity contribution in [3.8, 4) is 22.6 Å². The fraction of sp³-hybridized carbons (Fsp3) is 0.200. The van der Waals surface area contributed by atoms with E-state index in [1.165, 1.54) is 30.5 Å². The second-order valence-electron chi connectivity index (χ2n) is 7.25. The number of nitrogens with zero attached hydrogens (tertiary/aromatic N) is 2. The predicted molar refractivity (Wildman–Crippen MR) is 113 cm³/mol. The second kappa shape index (κ2) is 8.19. The van der Waals surface area contributed by atoms with Gasteiger partial charge in [0.15, 0.2) is 5.75 Å². The lowest BCUT2D eigenvalue weighted by molar-refractivity contribution is 0.0280. The van der Waals surface area contributed by atoms with E-state index < -0.39 is 21.2 Å². The van der Waals surface area contributed by atoms with E-state index in [4.69, 9.17) is 21.5 Å². The molecule has 0 aliphatic rings. The molecule has 3 rings (SSSR count). The van der Waals surface area contributed by atoms with E-state index in [0.29, 0.717) is 21.8 Å². The largest absolute Gasteiger partial charge is 0.484 e. The Labute approximate surface area is 178 Å². The van der Waals surface area contributed by atoms with Crippen LogP contribution in [0.4, 0.5) is 0 Å². The van der Waals surface area contributed by atoms with Gasteiger partial charge in [-0.15, -0.1) is 0 Å². The average molecular weight is 450 g/mol. The van der Waals surface area contributed by atoms with Gasteiger partial charge >= 0.3 is 5.56 Å². The average Bonchev–Trinajstić information content (AvgIpc) is 2.65. The predicted octanol–water partition coefficient (Wildman–Crippen LogP) is 2.35. The lowest BCUT2D eigenvalue weighted by Crippen LogP contribution is -2.31. The number of hydrogen-bond acceptors (Lipinski definition) is 6. The monoisotopic (exact) mass is 449 g/mol. The molecule has 2 aromatic carbocycles. The standard InChI is InChI=1S/C20H20ClN3O5S/c1-20(2,26)12-29-18-17(13-6-8-16(9-7-13)30(22,27)28)11-23-24(19(18)25)15-5-3-4-14(21)10-15/h3-11,26H,12H2,1-2H3,(H2,22,27,28). The van der Waals surface area contributed by atoms with Crippen LogP contribution >= 0.6 is 11.6 Å². The normalized spacial score (nSPS) is 12.0. The number of hydrogen-bond donors (Lipinski definition) is 2. The quantitative estimate of drug-likeness (QED) is 0.595. The molecule has 0 fully saturated rings. The number of nitrogens with two attached hydrogens (primary N) is 1. The maximum atomic E-state index is 13.2. The van der Waals surface area contributed by atoms with E-state index in [1.54, 1.807) is 38.1 Å². The van der Waals surface area contributed by atoms with E-state index in [-0.39, 0.29) is 17.3 Å². The summed E-state index contributed by atoms with van der Waals surface area (Å²) in [5.41, 5.74) is -0.475. The molecule has 0 saturated heterocycles. The van der Waals surface area contributed by atoms with E-state index in [2.05, 4.69) is 5.10 Å². The minimum atomic E-state index is -3.85. The number of benzene rings is 2. The number of aliphatic hydroxyl groups is 1. The van der Waals surface area contributed by atoms with Crippen molar-refractivity contribution in [1.29, 1.82) is 0 Å². The molecule has 0 amide bonds. The third-order valence-electron chi connectivity index (χ3n) is 4.05. The molecule has 0 saturated carbocycles. The fourth-order valence-electron chi connectivity index (χ4n) is 2.65. The number of primary sulfonamides is 1. The van der Waals surface area contributed by atoms with E-state index in [9.17, 15) is 18.3 Å². The Morgan fingerprint density at radius 2 is 1.87 bits per heavy atom. The van der Waals surface area contributed by atoms with Gasteiger partial charge in [-0.1, -0.05) is 29.8 Å². The Kier molecular flexibility index (Phi) is 6.00. The van der Waals surface area contributed by atoms with Crippen molar-refractivity contribution in [2.75, 3.05) is 6.61 Å². The van der Waals surface area contributed by atoms with Gasteiger partial charge in [0.2, 0.25) is 10.0 Å². The van der Waals surface area contributed by atoms with Crippen molar-refractivity contribution in [1.82, 2.24) is 9.78 Å². The zero-order chi connectivity index (χ0) is 22.1. The smallest absolute Gasteiger partial charge is 0.314 e. The highest BCUT2D eigenvalue weighted by atomic mass is 35.5. The Morgan fingerprint density at radius 1 is 1.20 bits per heavy atom. The molecule has 1 heterocycles. The third kappa shape index (κ3) is 5.06. The number of ether oxygens (including phenoxy) is 1. The molecular weight excluding hydrogens is 430 g/mol. The molecule has 8 nitrogen and oxygen atoms in total. The van der Waals surface area contributed by atoms with Gasteiger partial charge in [0.1, 0.15) is 6.61 Å². The Morgan fingerprint density at radius 3 is 2.43 bits per heavy atom. The third-order valence-corrected chi connectivity index (χ3v) is 5.21. The van der Waals surface area contributed by atoms with Crippen LogP contribution in [0, 0.1) is 0 Å². The minimum absolute atomic E-state index is 0.0459. The molecule has 10 heteroatoms. The summed E-state index contributed by atoms with van der Waals surface area (Å²) in [6.07, 6.45) is 1.42. The summed E-state index contributed by atoms with van der Waals surface area (Å²) in [4.78, 5) is 13.1. The lowest BCUT2D eigenvalue weighted by Gasteiger charge is -2.19. The van der Waals surface area contributed by atoms with Gasteiger partial charge < -0.3 is 9.84 Å². The van der Waals surface area contributed by atoms with Gasteiger partial charge in [-0.3, -0.25) is 4.79 Å². The van der Waals surface area contributed by atoms with E-state index >= 15 is 0 Å². The van der Waals surface area contributed by atoms with Crippen molar-refractivity contribution >= 4 is 21.6 Å². The van der Waals surface area contributed by atoms with Gasteiger partial charge in [-0.05, 0) is 49.7 Å². The summed E-state index contributed by atoms with van der Waals surface area (Å²) < 4.78 is 29.8. The maximum absolute atomic E-state index is 13.2. The first-order valence-electron chi connectivity index (χ1n) is 8.82. The molecular formula is C20H20ClN3O5S. The molecule has 0 atom stereocenters. The number of rotatable bonds is 6. The zero-order valence-electron chi connectivity index (χ0n) is 16.2. The maximum Gasteiger partial charge on any atom is 0.314 e. The molecule has 0 bridgehead atoms. The Bertz CT molecular complexity index is 1230. The molecule has 158 valence electrons. The molecule has 1 aromatic heterocycles. The van der Waals surface area contributed by atoms with E-state index in [0.717, 1.165) is 4.68 Å². The van der Waals surface area contributed by atoms with Gasteiger partial charge in [-0.25, -0.2) is 13.6 Å². The van der Waals surface area contributed by atoms with Crippen LogP contribution in [0.25, 0.3) is 16.8 Å². The van der Waals surface area contributed by atoms with Crippen molar-refractivity contribution < 1.29 is 18.3 Å². The van der Waals surface area contributed by atoms with Crippen LogP contribution in [0.5, 0.6) is 5.75 Å². The molecule has 0 radical (unpaired) electrons. The minimum Gasteiger partial charge on any atom is -0.484 e. The second-order valence-corrected chi connectivity index (χ2v) is 9.25.